The molecule has 0 spiro atoms. The summed E-state index contributed by atoms with van der Waals surface area (Å²) in [6.45, 7) is 7.52. The topological polar surface area (TPSA) is 46.5 Å². The molecule has 0 aliphatic heterocycles. The molecule has 0 fully saturated rings. The average Bonchev–Trinajstić information content (AvgIpc) is 3.26. The summed E-state index contributed by atoms with van der Waals surface area (Å²) < 4.78 is 35.9. The predicted molar refractivity (Wildman–Crippen MR) is 128 cm³/mol. The van der Waals surface area contributed by atoms with Crippen LogP contribution in [-0.4, -0.2) is 17.7 Å². The van der Waals surface area contributed by atoms with E-state index in [4.69, 9.17) is 21.4 Å². The van der Waals surface area contributed by atoms with Gasteiger partial charge in [-0.1, -0.05) is 37.2 Å². The van der Waals surface area contributed by atoms with Gasteiger partial charge in [-0.25, -0.2) is 8.78 Å². The normalized spacial score (nSPS) is 15.4. The lowest BCUT2D eigenvalue weighted by molar-refractivity contribution is -0.136. The second kappa shape index (κ2) is 10.5. The molecule has 0 bridgehead atoms. The van der Waals surface area contributed by atoms with Crippen molar-refractivity contribution in [3.63, 3.8) is 0 Å². The lowest BCUT2D eigenvalue weighted by atomic mass is 9.83. The van der Waals surface area contributed by atoms with Crippen molar-refractivity contribution in [2.24, 2.45) is 0 Å². The third-order valence-corrected chi connectivity index (χ3v) is 6.60. The van der Waals surface area contributed by atoms with E-state index in [2.05, 4.69) is 6.58 Å². The number of allylic oxidation sites excluding steroid dienone is 2. The SMILES string of the molecule is C=C(C)C(F)(CC)c1cc(OCC2=C(c3ccc(Cl)c(F)c3)CCC2)ccc1CCC(=O)O. The van der Waals surface area contributed by atoms with E-state index >= 15 is 4.39 Å². The first-order valence-corrected chi connectivity index (χ1v) is 11.5. The lowest BCUT2D eigenvalue weighted by Crippen LogP contribution is -2.22. The maximum atomic E-state index is 15.9. The van der Waals surface area contributed by atoms with E-state index in [1.807, 2.05) is 6.07 Å². The van der Waals surface area contributed by atoms with Gasteiger partial charge in [0.15, 0.2) is 5.67 Å². The molecule has 0 saturated carbocycles. The number of halogens is 3. The number of carbonyl (C=O) groups is 1. The monoisotopic (exact) mass is 474 g/mol. The summed E-state index contributed by atoms with van der Waals surface area (Å²) in [4.78, 5) is 11.1. The summed E-state index contributed by atoms with van der Waals surface area (Å²) in [6.07, 6.45) is 2.95. The lowest BCUT2D eigenvalue weighted by Gasteiger charge is -2.28. The van der Waals surface area contributed by atoms with E-state index in [0.29, 0.717) is 29.1 Å². The largest absolute Gasteiger partial charge is 0.489 e. The molecule has 3 nitrogen and oxygen atoms in total. The van der Waals surface area contributed by atoms with Gasteiger partial charge in [0.05, 0.1) is 5.02 Å². The van der Waals surface area contributed by atoms with Gasteiger partial charge in [-0.15, -0.1) is 0 Å². The predicted octanol–water partition coefficient (Wildman–Crippen LogP) is 7.66. The minimum absolute atomic E-state index is 0.0862. The Morgan fingerprint density at radius 2 is 2.00 bits per heavy atom. The van der Waals surface area contributed by atoms with Crippen molar-refractivity contribution < 1.29 is 23.4 Å². The molecular formula is C27H29ClF2O3. The van der Waals surface area contributed by atoms with Crippen LogP contribution in [0.15, 0.2) is 54.1 Å². The summed E-state index contributed by atoms with van der Waals surface area (Å²) in [5, 5.41) is 9.17. The Morgan fingerprint density at radius 1 is 1.24 bits per heavy atom. The number of benzene rings is 2. The number of aryl methyl sites for hydroxylation is 1. The summed E-state index contributed by atoms with van der Waals surface area (Å²) in [5.74, 6) is -0.882. The van der Waals surface area contributed by atoms with Gasteiger partial charge >= 0.3 is 5.97 Å². The zero-order valence-electron chi connectivity index (χ0n) is 19.0. The molecule has 1 aliphatic carbocycles. The van der Waals surface area contributed by atoms with Crippen LogP contribution in [0.25, 0.3) is 5.57 Å². The number of carboxylic acids is 1. The molecular weight excluding hydrogens is 446 g/mol. The Hall–Kier alpha value is -2.66. The third-order valence-electron chi connectivity index (χ3n) is 6.29. The van der Waals surface area contributed by atoms with Crippen molar-refractivity contribution in [1.29, 1.82) is 0 Å². The fraction of sp³-hybridized carbons (Fsp3) is 0.370. The Balaban J connectivity index is 1.88. The molecule has 1 atom stereocenters. The molecule has 2 aromatic carbocycles. The van der Waals surface area contributed by atoms with Crippen molar-refractivity contribution in [3.05, 3.63) is 81.7 Å². The highest BCUT2D eigenvalue weighted by Gasteiger charge is 2.33. The third kappa shape index (κ3) is 5.64. The van der Waals surface area contributed by atoms with E-state index in [0.717, 1.165) is 36.0 Å². The summed E-state index contributed by atoms with van der Waals surface area (Å²) in [5.41, 5.74) is 2.56. The molecule has 2 aromatic rings. The van der Waals surface area contributed by atoms with E-state index in [1.54, 1.807) is 38.1 Å². The molecule has 1 aliphatic rings. The van der Waals surface area contributed by atoms with Crippen molar-refractivity contribution in [3.8, 4) is 5.75 Å². The standard InChI is InChI=1S/C27H29ClF2O3/c1-4-27(30,17(2)3)23-15-21(11-8-18(23)10-13-26(31)32)33-16-20-6-5-7-22(20)19-9-12-24(28)25(29)14-19/h8-9,11-12,14-15H,2,4-7,10,13,16H2,1,3H3,(H,31,32). The molecule has 1 unspecified atom stereocenters. The number of hydrogen-bond donors (Lipinski definition) is 1. The zero-order chi connectivity index (χ0) is 24.2. The van der Waals surface area contributed by atoms with Crippen LogP contribution in [0.4, 0.5) is 8.78 Å². The van der Waals surface area contributed by atoms with Gasteiger partial charge in [0.1, 0.15) is 18.2 Å². The Morgan fingerprint density at radius 3 is 2.64 bits per heavy atom. The number of rotatable bonds is 10. The Bertz CT molecular complexity index is 1090. The van der Waals surface area contributed by atoms with Gasteiger partial charge < -0.3 is 9.84 Å². The van der Waals surface area contributed by atoms with E-state index in [-0.39, 0.29) is 24.3 Å². The highest BCUT2D eigenvalue weighted by atomic mass is 35.5. The highest BCUT2D eigenvalue weighted by Crippen LogP contribution is 2.41. The fourth-order valence-electron chi connectivity index (χ4n) is 4.36. The van der Waals surface area contributed by atoms with Crippen LogP contribution < -0.4 is 4.74 Å². The van der Waals surface area contributed by atoms with Crippen molar-refractivity contribution in [2.75, 3.05) is 6.61 Å². The number of alkyl halides is 1. The highest BCUT2D eigenvalue weighted by molar-refractivity contribution is 6.30. The molecule has 0 heterocycles. The smallest absolute Gasteiger partial charge is 0.303 e. The van der Waals surface area contributed by atoms with Crippen LogP contribution in [0.1, 0.15) is 62.6 Å². The van der Waals surface area contributed by atoms with Gasteiger partial charge in [-0.05, 0) is 91.1 Å². The summed E-state index contributed by atoms with van der Waals surface area (Å²) >= 11 is 5.82. The summed E-state index contributed by atoms with van der Waals surface area (Å²) in [7, 11) is 0. The second-order valence-electron chi connectivity index (χ2n) is 8.50. The number of hydrogen-bond acceptors (Lipinski definition) is 2. The van der Waals surface area contributed by atoms with Gasteiger partial charge in [0, 0.05) is 12.0 Å². The van der Waals surface area contributed by atoms with Crippen LogP contribution >= 0.6 is 11.6 Å². The molecule has 176 valence electrons. The molecule has 0 saturated heterocycles. The first kappa shape index (κ1) is 25.0. The maximum Gasteiger partial charge on any atom is 0.303 e. The van der Waals surface area contributed by atoms with Gasteiger partial charge in [-0.2, -0.15) is 0 Å². The molecule has 0 radical (unpaired) electrons. The molecule has 33 heavy (non-hydrogen) atoms. The number of aliphatic carboxylic acids is 1. The zero-order valence-corrected chi connectivity index (χ0v) is 19.8. The van der Waals surface area contributed by atoms with Crippen LogP contribution in [0.3, 0.4) is 0 Å². The number of ether oxygens (including phenoxy) is 1. The molecule has 6 heteroatoms. The van der Waals surface area contributed by atoms with Crippen molar-refractivity contribution >= 4 is 23.1 Å². The number of carboxylic acid groups (broad SMARTS) is 1. The molecule has 3 rings (SSSR count). The van der Waals surface area contributed by atoms with Crippen molar-refractivity contribution in [2.45, 2.75) is 58.0 Å². The van der Waals surface area contributed by atoms with Crippen LogP contribution in [0, 0.1) is 5.82 Å². The van der Waals surface area contributed by atoms with Crippen LogP contribution in [0.5, 0.6) is 5.75 Å². The first-order chi connectivity index (χ1) is 15.7. The van der Waals surface area contributed by atoms with Gasteiger partial charge in [-0.3, -0.25) is 4.79 Å². The Kier molecular flexibility index (Phi) is 7.96. The second-order valence-corrected chi connectivity index (χ2v) is 8.91. The van der Waals surface area contributed by atoms with Crippen LogP contribution in [0.2, 0.25) is 5.02 Å². The van der Waals surface area contributed by atoms with E-state index < -0.39 is 17.5 Å². The molecule has 1 N–H and O–H groups in total. The molecule has 0 amide bonds. The van der Waals surface area contributed by atoms with Gasteiger partial charge in [0.25, 0.3) is 0 Å². The Labute approximate surface area is 198 Å². The quantitative estimate of drug-likeness (QED) is 0.359. The fourth-order valence-corrected chi connectivity index (χ4v) is 4.48. The van der Waals surface area contributed by atoms with Crippen LogP contribution in [-0.2, 0) is 16.9 Å². The minimum atomic E-state index is -1.77. The minimum Gasteiger partial charge on any atom is -0.489 e. The van der Waals surface area contributed by atoms with Crippen molar-refractivity contribution in [1.82, 2.24) is 0 Å². The van der Waals surface area contributed by atoms with Gasteiger partial charge in [0.2, 0.25) is 0 Å². The van der Waals surface area contributed by atoms with E-state index in [9.17, 15) is 9.18 Å². The first-order valence-electron chi connectivity index (χ1n) is 11.1. The average molecular weight is 475 g/mol. The molecule has 0 aromatic heterocycles. The maximum absolute atomic E-state index is 15.9. The summed E-state index contributed by atoms with van der Waals surface area (Å²) in [6, 6.07) is 9.95. The van der Waals surface area contributed by atoms with E-state index in [1.165, 1.54) is 6.07 Å².